The Balaban J connectivity index is 1.90. The molecule has 0 bridgehead atoms. The van der Waals surface area contributed by atoms with Gasteiger partial charge in [-0.1, -0.05) is 66.2 Å². The van der Waals surface area contributed by atoms with Crippen LogP contribution in [0, 0.1) is 0 Å². The quantitative estimate of drug-likeness (QED) is 0.239. The molecule has 33 heavy (non-hydrogen) atoms. The summed E-state index contributed by atoms with van der Waals surface area (Å²) in [4.78, 5) is 25.1. The van der Waals surface area contributed by atoms with Crippen LogP contribution in [-0.2, 0) is 14.8 Å². The number of Topliss-reactive ketones (excluding diaryl/α,β-unsaturated/α-hetero) is 1. The Labute approximate surface area is 198 Å². The van der Waals surface area contributed by atoms with E-state index >= 15 is 0 Å². The number of ether oxygens (including phenoxy) is 1. The average molecular weight is 484 g/mol. The Morgan fingerprint density at radius 3 is 2.24 bits per heavy atom. The lowest BCUT2D eigenvalue weighted by Crippen LogP contribution is -2.31. The number of rotatable bonds is 9. The van der Waals surface area contributed by atoms with Crippen LogP contribution in [0.3, 0.4) is 0 Å². The van der Waals surface area contributed by atoms with Crippen molar-refractivity contribution < 1.29 is 22.7 Å². The third-order valence-corrected chi connectivity index (χ3v) is 6.92. The standard InChI is InChI=1S/C25H22ClNO5S/c1-3-16-27(20-12-8-5-9-13-20)33(30,31)21-14-15-23(26)22(17-21)25(29)32-18(2)24(28)19-10-6-4-7-11-19/h3-15,17-18H,1,16H2,2H3/t18-/m0/s1. The summed E-state index contributed by atoms with van der Waals surface area (Å²) in [5, 5.41) is 0.00768. The fourth-order valence-electron chi connectivity index (χ4n) is 3.12. The van der Waals surface area contributed by atoms with Crippen molar-refractivity contribution in [2.45, 2.75) is 17.9 Å². The maximum absolute atomic E-state index is 13.4. The minimum absolute atomic E-state index is 0.00768. The van der Waals surface area contributed by atoms with E-state index in [0.29, 0.717) is 11.3 Å². The summed E-state index contributed by atoms with van der Waals surface area (Å²) in [7, 11) is -4.05. The van der Waals surface area contributed by atoms with E-state index in [1.807, 2.05) is 0 Å². The van der Waals surface area contributed by atoms with Gasteiger partial charge >= 0.3 is 5.97 Å². The lowest BCUT2D eigenvalue weighted by molar-refractivity contribution is 0.0318. The molecule has 0 saturated heterocycles. The predicted octanol–water partition coefficient (Wildman–Crippen LogP) is 5.15. The SMILES string of the molecule is C=CCN(c1ccccc1)S(=O)(=O)c1ccc(Cl)c(C(=O)O[C@@H](C)C(=O)c2ccccc2)c1. The maximum atomic E-state index is 13.4. The zero-order valence-electron chi connectivity index (χ0n) is 17.8. The first-order valence-electron chi connectivity index (χ1n) is 10.0. The number of carbonyl (C=O) groups is 2. The molecule has 3 aromatic carbocycles. The van der Waals surface area contributed by atoms with E-state index in [1.54, 1.807) is 60.7 Å². The van der Waals surface area contributed by atoms with Gasteiger partial charge in [0.25, 0.3) is 10.0 Å². The minimum Gasteiger partial charge on any atom is -0.451 e. The second-order valence-corrected chi connectivity index (χ2v) is 9.35. The van der Waals surface area contributed by atoms with Gasteiger partial charge < -0.3 is 4.74 Å². The van der Waals surface area contributed by atoms with E-state index < -0.39 is 22.1 Å². The summed E-state index contributed by atoms with van der Waals surface area (Å²) < 4.78 is 33.2. The number of esters is 1. The van der Waals surface area contributed by atoms with Crippen molar-refractivity contribution in [3.63, 3.8) is 0 Å². The molecule has 8 heteroatoms. The highest BCUT2D eigenvalue weighted by Gasteiger charge is 2.27. The Morgan fingerprint density at radius 2 is 1.64 bits per heavy atom. The van der Waals surface area contributed by atoms with Gasteiger partial charge in [0.05, 0.1) is 27.7 Å². The van der Waals surface area contributed by atoms with Gasteiger partial charge in [-0.15, -0.1) is 6.58 Å². The van der Waals surface area contributed by atoms with E-state index in [4.69, 9.17) is 16.3 Å². The molecular formula is C25H22ClNO5S. The van der Waals surface area contributed by atoms with Gasteiger partial charge in [-0.05, 0) is 37.3 Å². The van der Waals surface area contributed by atoms with E-state index in [9.17, 15) is 18.0 Å². The van der Waals surface area contributed by atoms with Crippen LogP contribution in [0.15, 0.2) is 96.4 Å². The van der Waals surface area contributed by atoms with Gasteiger partial charge in [0.2, 0.25) is 5.78 Å². The number of sulfonamides is 1. The topological polar surface area (TPSA) is 80.8 Å². The molecule has 0 aromatic heterocycles. The van der Waals surface area contributed by atoms with Crippen LogP contribution in [0.25, 0.3) is 0 Å². The molecule has 0 amide bonds. The van der Waals surface area contributed by atoms with Crippen LogP contribution in [0.5, 0.6) is 0 Å². The van der Waals surface area contributed by atoms with E-state index in [1.165, 1.54) is 29.4 Å². The van der Waals surface area contributed by atoms with Crippen molar-refractivity contribution in [3.05, 3.63) is 108 Å². The number of nitrogens with zero attached hydrogens (tertiary/aromatic N) is 1. The summed E-state index contributed by atoms with van der Waals surface area (Å²) in [6.45, 7) is 5.11. The van der Waals surface area contributed by atoms with E-state index in [-0.39, 0.29) is 27.8 Å². The highest BCUT2D eigenvalue weighted by Crippen LogP contribution is 2.27. The highest BCUT2D eigenvalue weighted by molar-refractivity contribution is 7.92. The minimum atomic E-state index is -4.05. The van der Waals surface area contributed by atoms with Crippen molar-refractivity contribution >= 4 is 39.1 Å². The van der Waals surface area contributed by atoms with Gasteiger partial charge in [-0.3, -0.25) is 9.10 Å². The van der Waals surface area contributed by atoms with E-state index in [2.05, 4.69) is 6.58 Å². The second kappa shape index (κ2) is 10.5. The molecular weight excluding hydrogens is 462 g/mol. The van der Waals surface area contributed by atoms with Crippen molar-refractivity contribution in [1.82, 2.24) is 0 Å². The predicted molar refractivity (Wildman–Crippen MR) is 128 cm³/mol. The molecule has 0 fully saturated rings. The first kappa shape index (κ1) is 24.2. The largest absolute Gasteiger partial charge is 0.451 e. The van der Waals surface area contributed by atoms with Crippen LogP contribution in [-0.4, -0.2) is 32.8 Å². The lowest BCUT2D eigenvalue weighted by Gasteiger charge is -2.23. The molecule has 0 unspecified atom stereocenters. The van der Waals surface area contributed by atoms with Crippen LogP contribution < -0.4 is 4.31 Å². The molecule has 0 aliphatic rings. The summed E-state index contributed by atoms with van der Waals surface area (Å²) in [6.07, 6.45) is 0.379. The van der Waals surface area contributed by atoms with E-state index in [0.717, 1.165) is 6.07 Å². The highest BCUT2D eigenvalue weighted by atomic mass is 35.5. The Bertz CT molecular complexity index is 1260. The lowest BCUT2D eigenvalue weighted by atomic mass is 10.1. The number of hydrogen-bond donors (Lipinski definition) is 0. The molecule has 3 aromatic rings. The molecule has 0 saturated carbocycles. The number of ketones is 1. The van der Waals surface area contributed by atoms with Crippen molar-refractivity contribution in [2.24, 2.45) is 0 Å². The summed E-state index contributed by atoms with van der Waals surface area (Å²) >= 11 is 6.17. The van der Waals surface area contributed by atoms with Crippen molar-refractivity contribution in [2.75, 3.05) is 10.8 Å². The van der Waals surface area contributed by atoms with Crippen molar-refractivity contribution in [1.29, 1.82) is 0 Å². The Kier molecular flexibility index (Phi) is 7.68. The summed E-state index contributed by atoms with van der Waals surface area (Å²) in [6, 6.07) is 20.7. The van der Waals surface area contributed by atoms with Crippen molar-refractivity contribution in [3.8, 4) is 0 Å². The Morgan fingerprint density at radius 1 is 1.03 bits per heavy atom. The zero-order chi connectivity index (χ0) is 24.0. The molecule has 6 nitrogen and oxygen atoms in total. The number of anilines is 1. The Hall–Kier alpha value is -3.42. The molecule has 0 aliphatic heterocycles. The number of halogens is 1. The smallest absolute Gasteiger partial charge is 0.340 e. The van der Waals surface area contributed by atoms with Gasteiger partial charge in [0.1, 0.15) is 0 Å². The first-order valence-corrected chi connectivity index (χ1v) is 11.9. The van der Waals surface area contributed by atoms with Crippen LogP contribution in [0.1, 0.15) is 27.6 Å². The number of benzene rings is 3. The second-order valence-electron chi connectivity index (χ2n) is 7.08. The number of para-hydroxylation sites is 1. The van der Waals surface area contributed by atoms with Gasteiger partial charge in [-0.25, -0.2) is 13.2 Å². The summed E-state index contributed by atoms with van der Waals surface area (Å²) in [5.74, 6) is -1.28. The molecule has 3 rings (SSSR count). The van der Waals surface area contributed by atoms with Crippen LogP contribution in [0.2, 0.25) is 5.02 Å². The average Bonchev–Trinajstić information content (AvgIpc) is 2.83. The fourth-order valence-corrected chi connectivity index (χ4v) is 4.77. The molecule has 0 spiro atoms. The maximum Gasteiger partial charge on any atom is 0.340 e. The van der Waals surface area contributed by atoms with Gasteiger partial charge in [-0.2, -0.15) is 0 Å². The molecule has 0 aliphatic carbocycles. The third kappa shape index (κ3) is 5.50. The monoisotopic (exact) mass is 483 g/mol. The summed E-state index contributed by atoms with van der Waals surface area (Å²) in [5.41, 5.74) is 0.679. The normalized spacial score (nSPS) is 11.9. The molecule has 0 N–H and O–H groups in total. The molecule has 170 valence electrons. The van der Waals surface area contributed by atoms with Crippen LogP contribution >= 0.6 is 11.6 Å². The number of carbonyl (C=O) groups excluding carboxylic acids is 2. The first-order chi connectivity index (χ1) is 15.8. The van der Waals surface area contributed by atoms with Gasteiger partial charge in [0, 0.05) is 5.56 Å². The molecule has 0 heterocycles. The zero-order valence-corrected chi connectivity index (χ0v) is 19.4. The van der Waals surface area contributed by atoms with Gasteiger partial charge in [0.15, 0.2) is 6.10 Å². The fraction of sp³-hybridized carbons (Fsp3) is 0.120. The van der Waals surface area contributed by atoms with Crippen LogP contribution in [0.4, 0.5) is 5.69 Å². The third-order valence-electron chi connectivity index (χ3n) is 4.80. The molecule has 1 atom stereocenters. The molecule has 0 radical (unpaired) electrons. The number of hydrogen-bond acceptors (Lipinski definition) is 5.